The summed E-state index contributed by atoms with van der Waals surface area (Å²) < 4.78 is 12.5. The summed E-state index contributed by atoms with van der Waals surface area (Å²) in [4.78, 5) is 47.6. The van der Waals surface area contributed by atoms with Crippen molar-refractivity contribution in [3.63, 3.8) is 0 Å². The van der Waals surface area contributed by atoms with Gasteiger partial charge in [0, 0.05) is 31.0 Å². The molecule has 1 aromatic carbocycles. The lowest BCUT2D eigenvalue weighted by Gasteiger charge is -2.39. The lowest BCUT2D eigenvalue weighted by molar-refractivity contribution is -0.159. The highest BCUT2D eigenvalue weighted by Crippen LogP contribution is 2.57. The van der Waals surface area contributed by atoms with E-state index in [1.807, 2.05) is 48.6 Å². The Morgan fingerprint density at radius 3 is 2.42 bits per heavy atom. The first-order valence-corrected chi connectivity index (χ1v) is 14.5. The van der Waals surface area contributed by atoms with Crippen molar-refractivity contribution in [2.24, 2.45) is 11.8 Å². The van der Waals surface area contributed by atoms with Gasteiger partial charge in [-0.2, -0.15) is 0 Å². The molecule has 216 valence electrons. The SMILES string of the molecule is CCN(CC)c1ccc(N2CC=C[C@]34O[C@]5(C)/C=C\CCCCOC(=O)[C@@H]5[C@H]3C(=O)N([C@H](C)CO)C4C2=O)cc1. The second-order valence-corrected chi connectivity index (χ2v) is 11.4. The van der Waals surface area contributed by atoms with E-state index in [9.17, 15) is 19.5 Å². The molecule has 1 spiro atoms. The number of rotatable bonds is 6. The molecule has 2 amide bonds. The van der Waals surface area contributed by atoms with E-state index in [0.717, 1.165) is 38.0 Å². The fraction of sp³-hybridized carbons (Fsp3) is 0.581. The fourth-order valence-corrected chi connectivity index (χ4v) is 6.96. The van der Waals surface area contributed by atoms with Gasteiger partial charge in [0.15, 0.2) is 0 Å². The van der Waals surface area contributed by atoms with E-state index in [-0.39, 0.29) is 31.6 Å². The summed E-state index contributed by atoms with van der Waals surface area (Å²) >= 11 is 0. The topological polar surface area (TPSA) is 99.6 Å². The summed E-state index contributed by atoms with van der Waals surface area (Å²) in [7, 11) is 0. The first-order valence-electron chi connectivity index (χ1n) is 14.5. The summed E-state index contributed by atoms with van der Waals surface area (Å²) in [5, 5.41) is 10.1. The van der Waals surface area contributed by atoms with Gasteiger partial charge >= 0.3 is 5.97 Å². The summed E-state index contributed by atoms with van der Waals surface area (Å²) in [5.74, 6) is -3.06. The molecule has 1 N–H and O–H groups in total. The summed E-state index contributed by atoms with van der Waals surface area (Å²) in [5.41, 5.74) is -0.746. The number of nitrogens with zero attached hydrogens (tertiary/aromatic N) is 3. The van der Waals surface area contributed by atoms with Crippen LogP contribution in [0, 0.1) is 11.8 Å². The highest BCUT2D eigenvalue weighted by atomic mass is 16.6. The van der Waals surface area contributed by atoms with Gasteiger partial charge in [-0.15, -0.1) is 0 Å². The number of fused-ring (bicyclic) bond motifs is 2. The number of carbonyl (C=O) groups excluding carboxylic acids is 3. The van der Waals surface area contributed by atoms with E-state index in [4.69, 9.17) is 9.47 Å². The van der Waals surface area contributed by atoms with E-state index in [0.29, 0.717) is 5.69 Å². The Morgan fingerprint density at radius 1 is 1.02 bits per heavy atom. The van der Waals surface area contributed by atoms with Gasteiger partial charge in [0.05, 0.1) is 30.8 Å². The number of aliphatic hydroxyl groups excluding tert-OH is 1. The minimum atomic E-state index is -1.38. The van der Waals surface area contributed by atoms with Gasteiger partial charge in [-0.05, 0) is 71.2 Å². The van der Waals surface area contributed by atoms with E-state index >= 15 is 0 Å². The number of anilines is 2. The number of likely N-dealkylation sites (tertiary alicyclic amines) is 1. The van der Waals surface area contributed by atoms with Crippen LogP contribution in [-0.2, 0) is 23.9 Å². The number of esters is 1. The van der Waals surface area contributed by atoms with Crippen LogP contribution in [0.2, 0.25) is 0 Å². The van der Waals surface area contributed by atoms with E-state index in [1.165, 1.54) is 4.90 Å². The van der Waals surface area contributed by atoms with Crippen LogP contribution in [0.25, 0.3) is 0 Å². The molecule has 5 rings (SSSR count). The molecule has 0 radical (unpaired) electrons. The summed E-state index contributed by atoms with van der Waals surface area (Å²) in [6.07, 6.45) is 9.96. The summed E-state index contributed by atoms with van der Waals surface area (Å²) in [6, 6.07) is 6.13. The molecule has 9 heteroatoms. The zero-order chi connectivity index (χ0) is 28.7. The standard InChI is InChI=1S/C31H41N3O6/c1-5-32(6-2)22-12-14-23(15-13-22)33-18-11-17-31-24(27(36)34(21(3)20-35)26(31)28(33)37)25-29(38)39-19-10-8-7-9-16-30(25,4)40-31/h9,11-17,21,24-26,35H,5-8,10,18-20H2,1-4H3/b16-9-/t21-,24+,25+,26?,30-,31+/m1/s1. The van der Waals surface area contributed by atoms with Crippen LogP contribution in [0.5, 0.6) is 0 Å². The Morgan fingerprint density at radius 2 is 1.75 bits per heavy atom. The third-order valence-electron chi connectivity index (χ3n) is 8.97. The number of cyclic esters (lactones) is 1. The van der Waals surface area contributed by atoms with Crippen molar-refractivity contribution < 1.29 is 29.0 Å². The van der Waals surface area contributed by atoms with Crippen molar-refractivity contribution in [2.75, 3.05) is 42.6 Å². The van der Waals surface area contributed by atoms with Gasteiger partial charge < -0.3 is 29.3 Å². The molecule has 4 aliphatic heterocycles. The number of benzene rings is 1. The first kappa shape index (κ1) is 28.4. The Balaban J connectivity index is 1.59. The molecule has 0 aliphatic carbocycles. The van der Waals surface area contributed by atoms with Crippen LogP contribution in [0.1, 0.15) is 47.0 Å². The molecule has 0 aromatic heterocycles. The molecule has 2 saturated heterocycles. The van der Waals surface area contributed by atoms with Crippen LogP contribution in [0.3, 0.4) is 0 Å². The minimum Gasteiger partial charge on any atom is -0.465 e. The molecular weight excluding hydrogens is 510 g/mol. The molecule has 40 heavy (non-hydrogen) atoms. The Kier molecular flexibility index (Phi) is 7.81. The number of carbonyl (C=O) groups is 3. The lowest BCUT2D eigenvalue weighted by atomic mass is 9.74. The minimum absolute atomic E-state index is 0.277. The van der Waals surface area contributed by atoms with Crippen LogP contribution < -0.4 is 9.80 Å². The molecule has 1 aromatic rings. The number of hydrogen-bond acceptors (Lipinski definition) is 7. The van der Waals surface area contributed by atoms with Crippen molar-refractivity contribution in [2.45, 2.75) is 70.2 Å². The number of hydrogen-bond donors (Lipinski definition) is 1. The Hall–Kier alpha value is -3.17. The van der Waals surface area contributed by atoms with E-state index in [1.54, 1.807) is 18.7 Å². The van der Waals surface area contributed by atoms with E-state index in [2.05, 4.69) is 18.7 Å². The molecule has 0 bridgehead atoms. The third-order valence-corrected chi connectivity index (χ3v) is 8.97. The molecule has 2 fully saturated rings. The van der Waals surface area contributed by atoms with Gasteiger partial charge in [-0.25, -0.2) is 0 Å². The van der Waals surface area contributed by atoms with Crippen LogP contribution in [0.4, 0.5) is 11.4 Å². The number of allylic oxidation sites excluding steroid dienone is 1. The lowest BCUT2D eigenvalue weighted by Crippen LogP contribution is -2.58. The van der Waals surface area contributed by atoms with Crippen molar-refractivity contribution in [3.8, 4) is 0 Å². The molecular formula is C31H41N3O6. The third kappa shape index (κ3) is 4.43. The maximum absolute atomic E-state index is 14.5. The predicted octanol–water partition coefficient (Wildman–Crippen LogP) is 3.07. The Labute approximate surface area is 236 Å². The van der Waals surface area contributed by atoms with Gasteiger partial charge in [-0.1, -0.05) is 24.3 Å². The van der Waals surface area contributed by atoms with Gasteiger partial charge in [0.25, 0.3) is 5.91 Å². The normalized spacial score (nSPS) is 33.5. The highest BCUT2D eigenvalue weighted by Gasteiger charge is 2.75. The number of ether oxygens (including phenoxy) is 2. The fourth-order valence-electron chi connectivity index (χ4n) is 6.96. The van der Waals surface area contributed by atoms with Crippen molar-refractivity contribution in [1.29, 1.82) is 0 Å². The maximum atomic E-state index is 14.5. The molecule has 1 unspecified atom stereocenters. The second-order valence-electron chi connectivity index (χ2n) is 11.4. The zero-order valence-electron chi connectivity index (χ0n) is 23.9. The molecule has 4 heterocycles. The monoisotopic (exact) mass is 551 g/mol. The number of aliphatic hydroxyl groups is 1. The largest absolute Gasteiger partial charge is 0.465 e. The van der Waals surface area contributed by atoms with Gasteiger partial charge in [0.2, 0.25) is 5.91 Å². The molecule has 0 saturated carbocycles. The van der Waals surface area contributed by atoms with Gasteiger partial charge in [0.1, 0.15) is 17.6 Å². The first-order chi connectivity index (χ1) is 19.2. The van der Waals surface area contributed by atoms with Crippen LogP contribution >= 0.6 is 0 Å². The smallest absolute Gasteiger partial charge is 0.313 e. The number of amides is 2. The average Bonchev–Trinajstić information content (AvgIpc) is 3.29. The quantitative estimate of drug-likeness (QED) is 0.429. The predicted molar refractivity (Wildman–Crippen MR) is 152 cm³/mol. The van der Waals surface area contributed by atoms with Crippen LogP contribution in [0.15, 0.2) is 48.6 Å². The van der Waals surface area contributed by atoms with Crippen molar-refractivity contribution in [1.82, 2.24) is 4.90 Å². The average molecular weight is 552 g/mol. The zero-order valence-corrected chi connectivity index (χ0v) is 23.9. The molecule has 9 nitrogen and oxygen atoms in total. The highest BCUT2D eigenvalue weighted by molar-refractivity contribution is 6.05. The maximum Gasteiger partial charge on any atom is 0.313 e. The molecule has 6 atom stereocenters. The van der Waals surface area contributed by atoms with E-state index < -0.39 is 41.1 Å². The van der Waals surface area contributed by atoms with Crippen LogP contribution in [-0.4, -0.2) is 83.9 Å². The summed E-state index contributed by atoms with van der Waals surface area (Å²) in [6.45, 7) is 9.70. The Bertz CT molecular complexity index is 1190. The van der Waals surface area contributed by atoms with Crippen molar-refractivity contribution in [3.05, 3.63) is 48.6 Å². The second kappa shape index (κ2) is 11.0. The molecule has 4 aliphatic rings. The van der Waals surface area contributed by atoms with Gasteiger partial charge in [-0.3, -0.25) is 14.4 Å². The van der Waals surface area contributed by atoms with Crippen molar-refractivity contribution >= 4 is 29.2 Å².